The summed E-state index contributed by atoms with van der Waals surface area (Å²) in [6.07, 6.45) is 4.32. The van der Waals surface area contributed by atoms with Crippen LogP contribution in [0.4, 0.5) is 0 Å². The number of aryl methyl sites for hydroxylation is 1. The van der Waals surface area contributed by atoms with Crippen molar-refractivity contribution in [3.63, 3.8) is 0 Å². The second-order valence-corrected chi connectivity index (χ2v) is 9.87. The van der Waals surface area contributed by atoms with E-state index in [-0.39, 0.29) is 29.9 Å². The van der Waals surface area contributed by atoms with Gasteiger partial charge < -0.3 is 19.7 Å². The molecule has 5 rings (SSSR count). The minimum atomic E-state index is -0.620. The van der Waals surface area contributed by atoms with Crippen LogP contribution in [0.15, 0.2) is 42.5 Å². The molecule has 2 aromatic carbocycles. The molecule has 6 nitrogen and oxygen atoms in total. The molecule has 0 unspecified atom stereocenters. The molecule has 0 radical (unpaired) electrons. The first-order chi connectivity index (χ1) is 16.5. The highest BCUT2D eigenvalue weighted by Gasteiger charge is 2.39. The summed E-state index contributed by atoms with van der Waals surface area (Å²) in [5.41, 5.74) is 4.63. The number of fused-ring (bicyclic) bond motifs is 1. The predicted molar refractivity (Wildman–Crippen MR) is 130 cm³/mol. The first-order valence-electron chi connectivity index (χ1n) is 12.6. The average Bonchev–Trinajstić information content (AvgIpc) is 3.57. The Bertz CT molecular complexity index is 1040. The van der Waals surface area contributed by atoms with E-state index in [9.17, 15) is 9.59 Å². The molecule has 2 fully saturated rings. The molecule has 0 aromatic heterocycles. The van der Waals surface area contributed by atoms with Gasteiger partial charge in [-0.3, -0.25) is 9.59 Å². The van der Waals surface area contributed by atoms with Gasteiger partial charge in [-0.1, -0.05) is 35.9 Å². The van der Waals surface area contributed by atoms with E-state index in [4.69, 9.17) is 9.47 Å². The van der Waals surface area contributed by atoms with E-state index in [2.05, 4.69) is 42.6 Å². The van der Waals surface area contributed by atoms with Gasteiger partial charge in [0, 0.05) is 25.6 Å². The van der Waals surface area contributed by atoms with Gasteiger partial charge in [0.1, 0.15) is 5.75 Å². The zero-order valence-electron chi connectivity index (χ0n) is 20.1. The summed E-state index contributed by atoms with van der Waals surface area (Å²) in [5, 5.41) is 2.95. The van der Waals surface area contributed by atoms with Crippen LogP contribution in [0.2, 0.25) is 0 Å². The SMILES string of the molecule is Cc1ccc([C@@H]2c3cc(O[C@@H](C)C(=O)NC[C@H]4CCCO4)ccc3CCN2C(=O)C2CC2)cc1. The van der Waals surface area contributed by atoms with Crippen molar-refractivity contribution < 1.29 is 19.1 Å². The van der Waals surface area contributed by atoms with Crippen molar-refractivity contribution in [1.82, 2.24) is 10.2 Å². The summed E-state index contributed by atoms with van der Waals surface area (Å²) >= 11 is 0. The highest BCUT2D eigenvalue weighted by molar-refractivity contribution is 5.82. The third kappa shape index (κ3) is 4.97. The Hall–Kier alpha value is -2.86. The maximum Gasteiger partial charge on any atom is 0.260 e. The van der Waals surface area contributed by atoms with Gasteiger partial charge in [0.15, 0.2) is 6.10 Å². The molecule has 0 bridgehead atoms. The van der Waals surface area contributed by atoms with E-state index in [1.54, 1.807) is 6.92 Å². The predicted octanol–water partition coefficient (Wildman–Crippen LogP) is 3.94. The van der Waals surface area contributed by atoms with Gasteiger partial charge in [-0.2, -0.15) is 0 Å². The van der Waals surface area contributed by atoms with Crippen molar-refractivity contribution in [2.75, 3.05) is 19.7 Å². The molecule has 0 spiro atoms. The van der Waals surface area contributed by atoms with Crippen LogP contribution in [0.3, 0.4) is 0 Å². The maximum atomic E-state index is 13.2. The standard InChI is InChI=1S/C28H34N2O4/c1-18-5-7-21(8-6-18)26-25-16-23(34-19(2)27(31)29-17-24-4-3-15-33-24)12-11-20(25)13-14-30(26)28(32)22-9-10-22/h5-8,11-12,16,19,22,24,26H,3-4,9-10,13-15,17H2,1-2H3,(H,29,31)/t19-,24+,26+/m0/s1. The van der Waals surface area contributed by atoms with E-state index < -0.39 is 6.10 Å². The van der Waals surface area contributed by atoms with E-state index >= 15 is 0 Å². The Morgan fingerprint density at radius 1 is 1.15 bits per heavy atom. The second-order valence-electron chi connectivity index (χ2n) is 9.87. The number of nitrogens with zero attached hydrogens (tertiary/aromatic N) is 1. The number of amides is 2. The normalized spacial score (nSPS) is 22.7. The van der Waals surface area contributed by atoms with Crippen molar-refractivity contribution in [3.8, 4) is 5.75 Å². The summed E-state index contributed by atoms with van der Waals surface area (Å²) in [6, 6.07) is 14.4. The Morgan fingerprint density at radius 2 is 1.94 bits per heavy atom. The van der Waals surface area contributed by atoms with Gasteiger partial charge in [0.2, 0.25) is 5.91 Å². The topological polar surface area (TPSA) is 67.9 Å². The third-order valence-corrected chi connectivity index (χ3v) is 7.16. The molecular formula is C28H34N2O4. The summed E-state index contributed by atoms with van der Waals surface area (Å²) in [7, 11) is 0. The monoisotopic (exact) mass is 462 g/mol. The fourth-order valence-corrected chi connectivity index (χ4v) is 5.00. The van der Waals surface area contributed by atoms with Crippen LogP contribution in [0.1, 0.15) is 60.9 Å². The number of ether oxygens (including phenoxy) is 2. The largest absolute Gasteiger partial charge is 0.481 e. The van der Waals surface area contributed by atoms with Crippen molar-refractivity contribution in [3.05, 3.63) is 64.7 Å². The van der Waals surface area contributed by atoms with E-state index in [0.717, 1.165) is 56.4 Å². The lowest BCUT2D eigenvalue weighted by Gasteiger charge is -2.38. The molecule has 1 saturated heterocycles. The molecule has 3 aliphatic rings. The van der Waals surface area contributed by atoms with Crippen LogP contribution < -0.4 is 10.1 Å². The number of hydrogen-bond donors (Lipinski definition) is 1. The fraction of sp³-hybridized carbons (Fsp3) is 0.500. The molecule has 2 aliphatic heterocycles. The van der Waals surface area contributed by atoms with Crippen LogP contribution in [-0.4, -0.2) is 48.6 Å². The first kappa shape index (κ1) is 22.9. The lowest BCUT2D eigenvalue weighted by atomic mass is 9.87. The Morgan fingerprint density at radius 3 is 2.65 bits per heavy atom. The lowest BCUT2D eigenvalue weighted by molar-refractivity contribution is -0.134. The average molecular weight is 463 g/mol. The number of benzene rings is 2. The summed E-state index contributed by atoms with van der Waals surface area (Å²) in [5.74, 6) is 0.927. The molecule has 1 saturated carbocycles. The molecule has 34 heavy (non-hydrogen) atoms. The summed E-state index contributed by atoms with van der Waals surface area (Å²) in [4.78, 5) is 27.8. The van der Waals surface area contributed by atoms with Crippen LogP contribution >= 0.6 is 0 Å². The zero-order valence-corrected chi connectivity index (χ0v) is 20.1. The number of nitrogens with one attached hydrogen (secondary N) is 1. The molecule has 180 valence electrons. The molecular weight excluding hydrogens is 428 g/mol. The molecule has 2 aromatic rings. The van der Waals surface area contributed by atoms with E-state index in [1.165, 1.54) is 11.1 Å². The molecule has 1 aliphatic carbocycles. The van der Waals surface area contributed by atoms with Crippen LogP contribution in [-0.2, 0) is 20.7 Å². The maximum absolute atomic E-state index is 13.2. The zero-order chi connectivity index (χ0) is 23.7. The number of hydrogen-bond acceptors (Lipinski definition) is 4. The van der Waals surface area contributed by atoms with Crippen molar-refractivity contribution in [2.24, 2.45) is 5.92 Å². The van der Waals surface area contributed by atoms with Gasteiger partial charge in [-0.15, -0.1) is 0 Å². The molecule has 3 atom stereocenters. The lowest BCUT2D eigenvalue weighted by Crippen LogP contribution is -2.41. The minimum Gasteiger partial charge on any atom is -0.481 e. The Balaban J connectivity index is 1.36. The summed E-state index contributed by atoms with van der Waals surface area (Å²) in [6.45, 7) is 5.85. The Kier molecular flexibility index (Phi) is 6.59. The quantitative estimate of drug-likeness (QED) is 0.677. The van der Waals surface area contributed by atoms with Crippen LogP contribution in [0, 0.1) is 12.8 Å². The molecule has 1 N–H and O–H groups in total. The molecule has 2 heterocycles. The van der Waals surface area contributed by atoms with Crippen molar-refractivity contribution in [2.45, 2.75) is 64.2 Å². The van der Waals surface area contributed by atoms with Crippen molar-refractivity contribution in [1.29, 1.82) is 0 Å². The highest BCUT2D eigenvalue weighted by atomic mass is 16.5. The second kappa shape index (κ2) is 9.79. The highest BCUT2D eigenvalue weighted by Crippen LogP contribution is 2.41. The van der Waals surface area contributed by atoms with Gasteiger partial charge >= 0.3 is 0 Å². The van der Waals surface area contributed by atoms with Gasteiger partial charge in [-0.05, 0) is 74.8 Å². The van der Waals surface area contributed by atoms with Gasteiger partial charge in [0.25, 0.3) is 5.91 Å². The smallest absolute Gasteiger partial charge is 0.260 e. The fourth-order valence-electron chi connectivity index (χ4n) is 5.00. The Labute approximate surface area is 201 Å². The number of carbonyl (C=O) groups excluding carboxylic acids is 2. The molecule has 2 amide bonds. The van der Waals surface area contributed by atoms with Crippen LogP contribution in [0.5, 0.6) is 5.75 Å². The van der Waals surface area contributed by atoms with E-state index in [1.807, 2.05) is 17.0 Å². The van der Waals surface area contributed by atoms with Crippen molar-refractivity contribution >= 4 is 11.8 Å². The van der Waals surface area contributed by atoms with Gasteiger partial charge in [-0.25, -0.2) is 0 Å². The van der Waals surface area contributed by atoms with Crippen LogP contribution in [0.25, 0.3) is 0 Å². The van der Waals surface area contributed by atoms with E-state index in [0.29, 0.717) is 12.3 Å². The summed E-state index contributed by atoms with van der Waals surface area (Å²) < 4.78 is 11.6. The number of rotatable bonds is 7. The minimum absolute atomic E-state index is 0.102. The van der Waals surface area contributed by atoms with Gasteiger partial charge in [0.05, 0.1) is 12.1 Å². The first-order valence-corrected chi connectivity index (χ1v) is 12.6. The third-order valence-electron chi connectivity index (χ3n) is 7.16. The molecule has 6 heteroatoms. The number of carbonyl (C=O) groups is 2.